The molecule has 1 N–H and O–H groups in total. The first kappa shape index (κ1) is 20.6. The van der Waals surface area contributed by atoms with E-state index < -0.39 is 23.5 Å². The van der Waals surface area contributed by atoms with Crippen LogP contribution in [-0.4, -0.2) is 64.9 Å². The molecule has 2 aromatic heterocycles. The molecule has 2 heterocycles. The normalized spacial score (nSPS) is 12.8. The molecule has 0 amide bonds. The van der Waals surface area contributed by atoms with E-state index in [-0.39, 0.29) is 12.0 Å². The number of carbonyl (C=O) groups excluding carboxylic acids is 1. The van der Waals surface area contributed by atoms with Crippen LogP contribution in [0.25, 0.3) is 11.0 Å². The van der Waals surface area contributed by atoms with Crippen molar-refractivity contribution in [1.29, 1.82) is 0 Å². The summed E-state index contributed by atoms with van der Waals surface area (Å²) < 4.78 is 7.54. The van der Waals surface area contributed by atoms with Crippen LogP contribution in [0.2, 0.25) is 0 Å². The van der Waals surface area contributed by atoms with Gasteiger partial charge in [-0.15, -0.1) is 0 Å². The van der Waals surface area contributed by atoms with Crippen molar-refractivity contribution in [2.75, 3.05) is 27.7 Å². The molecular formula is C19H26N3O5+. The molecule has 27 heavy (non-hydrogen) atoms. The number of ether oxygens (including phenoxy) is 1. The van der Waals surface area contributed by atoms with Crippen molar-refractivity contribution in [1.82, 2.24) is 9.55 Å². The average Bonchev–Trinajstić information content (AvgIpc) is 2.52. The van der Waals surface area contributed by atoms with Crippen LogP contribution in [0.1, 0.15) is 29.4 Å². The van der Waals surface area contributed by atoms with Gasteiger partial charge in [0.1, 0.15) is 17.8 Å². The van der Waals surface area contributed by atoms with Crippen LogP contribution in [-0.2, 0) is 16.1 Å². The van der Waals surface area contributed by atoms with E-state index in [1.807, 2.05) is 35.0 Å². The second-order valence-electron chi connectivity index (χ2n) is 7.58. The molecule has 0 saturated carbocycles. The van der Waals surface area contributed by atoms with Crippen LogP contribution in [0.3, 0.4) is 0 Å². The first-order chi connectivity index (χ1) is 12.5. The lowest BCUT2D eigenvalue weighted by atomic mass is 10.1. The molecule has 0 bridgehead atoms. The summed E-state index contributed by atoms with van der Waals surface area (Å²) in [5.74, 6) is -1.88. The zero-order valence-corrected chi connectivity index (χ0v) is 16.4. The smallest absolute Gasteiger partial charge is 0.344 e. The Morgan fingerprint density at radius 1 is 1.30 bits per heavy atom. The molecular weight excluding hydrogens is 350 g/mol. The predicted octanol–water partition coefficient (Wildman–Crippen LogP) is 1.43. The molecule has 1 unspecified atom stereocenters. The van der Waals surface area contributed by atoms with Crippen molar-refractivity contribution in [3.8, 4) is 0 Å². The Bertz CT molecular complexity index is 927. The van der Waals surface area contributed by atoms with Gasteiger partial charge in [0.05, 0.1) is 33.0 Å². The average molecular weight is 376 g/mol. The monoisotopic (exact) mass is 376 g/mol. The number of quaternary nitrogens is 1. The molecule has 0 aliphatic rings. The number of carbonyl (C=O) groups is 2. The first-order valence-electron chi connectivity index (χ1n) is 8.76. The van der Waals surface area contributed by atoms with E-state index in [2.05, 4.69) is 4.98 Å². The molecule has 0 aliphatic heterocycles. The number of aryl methyl sites for hydroxylation is 2. The van der Waals surface area contributed by atoms with Crippen LogP contribution >= 0.6 is 0 Å². The number of esters is 1. The number of carboxylic acids is 1. The minimum absolute atomic E-state index is 0.119. The van der Waals surface area contributed by atoms with Gasteiger partial charge in [0.15, 0.2) is 6.10 Å². The Labute approximate surface area is 157 Å². The fraction of sp³-hybridized carbons (Fsp3) is 0.474. The summed E-state index contributed by atoms with van der Waals surface area (Å²) in [5.41, 5.74) is 0.690. The highest BCUT2D eigenvalue weighted by Crippen LogP contribution is 2.13. The lowest BCUT2D eigenvalue weighted by Crippen LogP contribution is -2.44. The first-order valence-corrected chi connectivity index (χ1v) is 8.76. The predicted molar refractivity (Wildman–Crippen MR) is 101 cm³/mol. The van der Waals surface area contributed by atoms with Crippen LogP contribution in [0, 0.1) is 6.92 Å². The number of pyridine rings is 2. The van der Waals surface area contributed by atoms with Gasteiger partial charge in [0, 0.05) is 18.4 Å². The Balaban J connectivity index is 2.43. The zero-order valence-electron chi connectivity index (χ0n) is 16.4. The number of hydrogen-bond donors (Lipinski definition) is 1. The minimum Gasteiger partial charge on any atom is -0.481 e. The number of aromatic nitrogens is 2. The molecule has 2 rings (SSSR count). The highest BCUT2D eigenvalue weighted by atomic mass is 16.5. The highest BCUT2D eigenvalue weighted by molar-refractivity contribution is 5.93. The summed E-state index contributed by atoms with van der Waals surface area (Å²) >= 11 is 0. The highest BCUT2D eigenvalue weighted by Gasteiger charge is 2.27. The van der Waals surface area contributed by atoms with E-state index in [0.717, 1.165) is 5.69 Å². The van der Waals surface area contributed by atoms with E-state index in [9.17, 15) is 14.4 Å². The van der Waals surface area contributed by atoms with Gasteiger partial charge in [-0.1, -0.05) is 0 Å². The number of carboxylic acid groups (broad SMARTS) is 1. The molecule has 2 aromatic rings. The summed E-state index contributed by atoms with van der Waals surface area (Å²) in [6.07, 6.45) is 0.275. The summed E-state index contributed by atoms with van der Waals surface area (Å²) in [4.78, 5) is 40.9. The van der Waals surface area contributed by atoms with Gasteiger partial charge in [-0.25, -0.2) is 9.78 Å². The number of aliphatic carboxylic acids is 1. The Hall–Kier alpha value is -2.74. The molecule has 8 heteroatoms. The number of nitrogens with zero attached hydrogens (tertiary/aromatic N) is 3. The van der Waals surface area contributed by atoms with Crippen molar-refractivity contribution < 1.29 is 23.9 Å². The minimum atomic E-state index is -1.06. The van der Waals surface area contributed by atoms with Gasteiger partial charge in [-0.3, -0.25) is 9.59 Å². The zero-order chi connectivity index (χ0) is 20.4. The van der Waals surface area contributed by atoms with Crippen molar-refractivity contribution in [2.45, 2.75) is 32.9 Å². The number of fused-ring (bicyclic) bond motifs is 1. The topological polar surface area (TPSA) is 98.5 Å². The molecule has 8 nitrogen and oxygen atoms in total. The molecule has 0 aliphatic carbocycles. The standard InChI is InChI=1S/C19H25N3O5/c1-6-21-10-15(17(25)14-8-7-12(2)20-18(14)21)19(26)27-13(9-16(23)24)11-22(3,4)5/h7-8,10,13H,6,9,11H2,1-5H3/p+1. The lowest BCUT2D eigenvalue weighted by Gasteiger charge is -2.28. The number of likely N-dealkylation sites (N-methyl/N-ethyl adjacent to an activating group) is 1. The van der Waals surface area contributed by atoms with E-state index in [4.69, 9.17) is 9.84 Å². The van der Waals surface area contributed by atoms with Crippen molar-refractivity contribution >= 4 is 23.0 Å². The van der Waals surface area contributed by atoms with E-state index in [1.165, 1.54) is 6.20 Å². The van der Waals surface area contributed by atoms with Gasteiger partial charge in [0.2, 0.25) is 5.43 Å². The molecule has 0 radical (unpaired) electrons. The van der Waals surface area contributed by atoms with Crippen LogP contribution in [0.4, 0.5) is 0 Å². The fourth-order valence-corrected chi connectivity index (χ4v) is 2.91. The third-order valence-corrected chi connectivity index (χ3v) is 4.05. The van der Waals surface area contributed by atoms with E-state index >= 15 is 0 Å². The number of hydrogen-bond acceptors (Lipinski definition) is 5. The summed E-state index contributed by atoms with van der Waals surface area (Å²) in [5, 5.41) is 9.43. The van der Waals surface area contributed by atoms with Gasteiger partial charge >= 0.3 is 11.9 Å². The van der Waals surface area contributed by atoms with Crippen LogP contribution in [0.15, 0.2) is 23.1 Å². The van der Waals surface area contributed by atoms with E-state index in [0.29, 0.717) is 28.6 Å². The SMILES string of the molecule is CCn1cc(C(=O)OC(CC(=O)O)C[N+](C)(C)C)c(=O)c2ccc(C)nc21. The molecule has 0 aromatic carbocycles. The molecule has 0 saturated heterocycles. The quantitative estimate of drug-likeness (QED) is 0.580. The third-order valence-electron chi connectivity index (χ3n) is 4.05. The molecule has 1 atom stereocenters. The van der Waals surface area contributed by atoms with Gasteiger partial charge in [0.25, 0.3) is 0 Å². The maximum absolute atomic E-state index is 12.8. The van der Waals surface area contributed by atoms with Crippen molar-refractivity contribution in [3.63, 3.8) is 0 Å². The lowest BCUT2D eigenvalue weighted by molar-refractivity contribution is -0.873. The summed E-state index contributed by atoms with van der Waals surface area (Å²) in [7, 11) is 5.62. The summed E-state index contributed by atoms with van der Waals surface area (Å²) in [6.45, 7) is 4.54. The van der Waals surface area contributed by atoms with Gasteiger partial charge < -0.3 is 18.9 Å². The second-order valence-corrected chi connectivity index (χ2v) is 7.58. The molecule has 146 valence electrons. The van der Waals surface area contributed by atoms with Crippen LogP contribution < -0.4 is 5.43 Å². The third kappa shape index (κ3) is 5.13. The maximum Gasteiger partial charge on any atom is 0.344 e. The van der Waals surface area contributed by atoms with Gasteiger partial charge in [-0.05, 0) is 26.0 Å². The van der Waals surface area contributed by atoms with Crippen molar-refractivity contribution in [2.24, 2.45) is 0 Å². The fourth-order valence-electron chi connectivity index (χ4n) is 2.91. The number of rotatable bonds is 7. The molecule has 0 spiro atoms. The molecule has 0 fully saturated rings. The second kappa shape index (κ2) is 7.87. The Morgan fingerprint density at radius 3 is 2.52 bits per heavy atom. The Kier molecular flexibility index (Phi) is 6.00. The van der Waals surface area contributed by atoms with Crippen molar-refractivity contribution in [3.05, 3.63) is 39.8 Å². The maximum atomic E-state index is 12.8. The van der Waals surface area contributed by atoms with Gasteiger partial charge in [-0.2, -0.15) is 0 Å². The summed E-state index contributed by atoms with van der Waals surface area (Å²) in [6, 6.07) is 3.35. The van der Waals surface area contributed by atoms with E-state index in [1.54, 1.807) is 16.7 Å². The van der Waals surface area contributed by atoms with Crippen LogP contribution in [0.5, 0.6) is 0 Å². The largest absolute Gasteiger partial charge is 0.481 e. The Morgan fingerprint density at radius 2 is 1.96 bits per heavy atom.